The molecule has 2 N–H and O–H groups in total. The molecule has 4 heteroatoms. The second-order valence-electron chi connectivity index (χ2n) is 4.09. The fraction of sp³-hybridized carbons (Fsp3) is 0.308. The summed E-state index contributed by atoms with van der Waals surface area (Å²) < 4.78 is 1.96. The highest BCUT2D eigenvalue weighted by molar-refractivity contribution is 6.05. The Balaban J connectivity index is 2.84. The summed E-state index contributed by atoms with van der Waals surface area (Å²) >= 11 is 0. The number of fused-ring (bicyclic) bond motifs is 1. The predicted octanol–water partition coefficient (Wildman–Crippen LogP) is 1.95. The molecule has 0 unspecified atom stereocenters. The number of hydrogen-bond acceptors (Lipinski definition) is 2. The summed E-state index contributed by atoms with van der Waals surface area (Å²) in [4.78, 5) is 11.2. The zero-order valence-corrected chi connectivity index (χ0v) is 9.90. The van der Waals surface area contributed by atoms with E-state index in [-0.39, 0.29) is 6.61 Å². The SMILES string of the molecule is Cc1c(C)n(CCO)c2cccc(C(=O)O)c12. The first-order chi connectivity index (χ1) is 8.07. The topological polar surface area (TPSA) is 62.5 Å². The van der Waals surface area contributed by atoms with Gasteiger partial charge in [0, 0.05) is 23.1 Å². The van der Waals surface area contributed by atoms with E-state index in [1.807, 2.05) is 24.5 Å². The number of rotatable bonds is 3. The van der Waals surface area contributed by atoms with Gasteiger partial charge in [0.25, 0.3) is 0 Å². The molecular weight excluding hydrogens is 218 g/mol. The van der Waals surface area contributed by atoms with E-state index in [1.54, 1.807) is 12.1 Å². The molecule has 1 aromatic heterocycles. The van der Waals surface area contributed by atoms with Crippen LogP contribution in [0, 0.1) is 13.8 Å². The monoisotopic (exact) mass is 233 g/mol. The first-order valence-corrected chi connectivity index (χ1v) is 5.50. The average Bonchev–Trinajstić information content (AvgIpc) is 2.55. The van der Waals surface area contributed by atoms with Gasteiger partial charge >= 0.3 is 5.97 Å². The van der Waals surface area contributed by atoms with Crippen LogP contribution in [0.2, 0.25) is 0 Å². The van der Waals surface area contributed by atoms with E-state index in [4.69, 9.17) is 5.11 Å². The van der Waals surface area contributed by atoms with Crippen LogP contribution >= 0.6 is 0 Å². The van der Waals surface area contributed by atoms with Gasteiger partial charge in [-0.15, -0.1) is 0 Å². The third-order valence-corrected chi connectivity index (χ3v) is 3.21. The molecule has 4 nitrogen and oxygen atoms in total. The molecule has 0 spiro atoms. The minimum absolute atomic E-state index is 0.0430. The van der Waals surface area contributed by atoms with Crippen molar-refractivity contribution in [2.24, 2.45) is 0 Å². The minimum Gasteiger partial charge on any atom is -0.478 e. The van der Waals surface area contributed by atoms with E-state index < -0.39 is 5.97 Å². The molecule has 2 rings (SSSR count). The van der Waals surface area contributed by atoms with Gasteiger partial charge in [-0.05, 0) is 31.5 Å². The molecule has 0 amide bonds. The van der Waals surface area contributed by atoms with E-state index in [0.717, 1.165) is 22.2 Å². The Morgan fingerprint density at radius 1 is 1.35 bits per heavy atom. The van der Waals surface area contributed by atoms with E-state index in [9.17, 15) is 9.90 Å². The van der Waals surface area contributed by atoms with Crippen molar-refractivity contribution in [1.82, 2.24) is 4.57 Å². The second kappa shape index (κ2) is 4.22. The Kier molecular flexibility index (Phi) is 2.90. The lowest BCUT2D eigenvalue weighted by Crippen LogP contribution is -2.04. The Bertz CT molecular complexity index is 584. The predicted molar refractivity (Wildman–Crippen MR) is 65.5 cm³/mol. The van der Waals surface area contributed by atoms with Gasteiger partial charge in [0.15, 0.2) is 0 Å². The maximum atomic E-state index is 11.2. The molecule has 0 saturated heterocycles. The van der Waals surface area contributed by atoms with Crippen molar-refractivity contribution in [2.75, 3.05) is 6.61 Å². The van der Waals surface area contributed by atoms with E-state index in [1.165, 1.54) is 0 Å². The standard InChI is InChI=1S/C13H15NO3/c1-8-9(2)14(6-7-15)11-5-3-4-10(12(8)11)13(16)17/h3-5,15H,6-7H2,1-2H3,(H,16,17). The van der Waals surface area contributed by atoms with Gasteiger partial charge in [0.05, 0.1) is 12.2 Å². The summed E-state index contributed by atoms with van der Waals surface area (Å²) in [6.07, 6.45) is 0. The summed E-state index contributed by atoms with van der Waals surface area (Å²) in [6.45, 7) is 4.38. The van der Waals surface area contributed by atoms with Crippen LogP contribution in [0.15, 0.2) is 18.2 Å². The van der Waals surface area contributed by atoms with Crippen LogP contribution in [0.5, 0.6) is 0 Å². The second-order valence-corrected chi connectivity index (χ2v) is 4.09. The van der Waals surface area contributed by atoms with Crippen molar-refractivity contribution in [3.63, 3.8) is 0 Å². The van der Waals surface area contributed by atoms with Gasteiger partial charge in [-0.2, -0.15) is 0 Å². The van der Waals surface area contributed by atoms with E-state index in [2.05, 4.69) is 0 Å². The lowest BCUT2D eigenvalue weighted by atomic mass is 10.1. The molecule has 1 aromatic carbocycles. The van der Waals surface area contributed by atoms with Crippen molar-refractivity contribution in [3.05, 3.63) is 35.0 Å². The Morgan fingerprint density at radius 3 is 2.65 bits per heavy atom. The van der Waals surface area contributed by atoms with Crippen LogP contribution in [0.25, 0.3) is 10.9 Å². The third-order valence-electron chi connectivity index (χ3n) is 3.21. The van der Waals surface area contributed by atoms with Crippen LogP contribution in [-0.4, -0.2) is 27.4 Å². The third kappa shape index (κ3) is 1.70. The van der Waals surface area contributed by atoms with Crippen molar-refractivity contribution < 1.29 is 15.0 Å². The van der Waals surface area contributed by atoms with Crippen molar-refractivity contribution in [1.29, 1.82) is 0 Å². The number of nitrogens with zero attached hydrogens (tertiary/aromatic N) is 1. The maximum absolute atomic E-state index is 11.2. The molecule has 1 heterocycles. The summed E-state index contributed by atoms with van der Waals surface area (Å²) in [7, 11) is 0. The largest absolute Gasteiger partial charge is 0.478 e. The van der Waals surface area contributed by atoms with Crippen LogP contribution in [0.1, 0.15) is 21.6 Å². The molecule has 0 aliphatic heterocycles. The molecule has 17 heavy (non-hydrogen) atoms. The van der Waals surface area contributed by atoms with Crippen LogP contribution < -0.4 is 0 Å². The maximum Gasteiger partial charge on any atom is 0.336 e. The normalized spacial score (nSPS) is 11.0. The Hall–Kier alpha value is -1.81. The lowest BCUT2D eigenvalue weighted by Gasteiger charge is -2.05. The Labute approximate surface area is 99.1 Å². The number of carboxylic acids is 1. The number of aryl methyl sites for hydroxylation is 1. The molecule has 0 atom stereocenters. The molecule has 0 bridgehead atoms. The summed E-state index contributed by atoms with van der Waals surface area (Å²) in [5, 5.41) is 19.0. The lowest BCUT2D eigenvalue weighted by molar-refractivity contribution is 0.0699. The molecule has 0 aliphatic carbocycles. The number of benzene rings is 1. The highest BCUT2D eigenvalue weighted by atomic mass is 16.4. The van der Waals surface area contributed by atoms with Crippen LogP contribution in [0.4, 0.5) is 0 Å². The summed E-state index contributed by atoms with van der Waals surface area (Å²) in [5.74, 6) is -0.917. The first-order valence-electron chi connectivity index (χ1n) is 5.50. The average molecular weight is 233 g/mol. The van der Waals surface area contributed by atoms with Gasteiger partial charge in [-0.1, -0.05) is 6.07 Å². The van der Waals surface area contributed by atoms with E-state index in [0.29, 0.717) is 12.1 Å². The molecule has 0 aliphatic rings. The van der Waals surface area contributed by atoms with E-state index >= 15 is 0 Å². The number of carboxylic acid groups (broad SMARTS) is 1. The highest BCUT2D eigenvalue weighted by Gasteiger charge is 2.16. The number of aliphatic hydroxyl groups excluding tert-OH is 1. The molecule has 2 aromatic rings. The smallest absolute Gasteiger partial charge is 0.336 e. The minimum atomic E-state index is -0.917. The summed E-state index contributed by atoms with van der Waals surface area (Å²) in [6, 6.07) is 5.23. The highest BCUT2D eigenvalue weighted by Crippen LogP contribution is 2.28. The Morgan fingerprint density at radius 2 is 2.06 bits per heavy atom. The van der Waals surface area contributed by atoms with Gasteiger partial charge in [0.2, 0.25) is 0 Å². The van der Waals surface area contributed by atoms with Crippen molar-refractivity contribution in [2.45, 2.75) is 20.4 Å². The first kappa shape index (κ1) is 11.7. The quantitative estimate of drug-likeness (QED) is 0.851. The zero-order valence-electron chi connectivity index (χ0n) is 9.90. The van der Waals surface area contributed by atoms with Gasteiger partial charge < -0.3 is 14.8 Å². The number of carbonyl (C=O) groups is 1. The van der Waals surface area contributed by atoms with Gasteiger partial charge in [-0.3, -0.25) is 0 Å². The molecule has 0 radical (unpaired) electrons. The fourth-order valence-electron chi connectivity index (χ4n) is 2.29. The van der Waals surface area contributed by atoms with Crippen LogP contribution in [0.3, 0.4) is 0 Å². The number of aromatic carboxylic acids is 1. The molecular formula is C13H15NO3. The molecule has 90 valence electrons. The fourth-order valence-corrected chi connectivity index (χ4v) is 2.29. The molecule has 0 fully saturated rings. The number of aliphatic hydroxyl groups is 1. The summed E-state index contributed by atoms with van der Waals surface area (Å²) in [5.41, 5.74) is 3.16. The zero-order chi connectivity index (χ0) is 12.6. The van der Waals surface area contributed by atoms with Crippen molar-refractivity contribution in [3.8, 4) is 0 Å². The van der Waals surface area contributed by atoms with Crippen molar-refractivity contribution >= 4 is 16.9 Å². The van der Waals surface area contributed by atoms with Crippen LogP contribution in [-0.2, 0) is 6.54 Å². The van der Waals surface area contributed by atoms with Gasteiger partial charge in [0.1, 0.15) is 0 Å². The number of aromatic nitrogens is 1. The molecule has 0 saturated carbocycles. The van der Waals surface area contributed by atoms with Gasteiger partial charge in [-0.25, -0.2) is 4.79 Å². The number of hydrogen-bond donors (Lipinski definition) is 2.